The monoisotopic (exact) mass is 446 g/mol. The summed E-state index contributed by atoms with van der Waals surface area (Å²) in [6.45, 7) is 8.21. The van der Waals surface area contributed by atoms with E-state index >= 15 is 0 Å². The number of morpholine rings is 1. The van der Waals surface area contributed by atoms with Crippen LogP contribution in [0.1, 0.15) is 32.8 Å². The highest BCUT2D eigenvalue weighted by molar-refractivity contribution is 5.83. The number of fused-ring (bicyclic) bond motifs is 1. The van der Waals surface area contributed by atoms with Crippen molar-refractivity contribution < 1.29 is 28.6 Å². The Labute approximate surface area is 186 Å². The van der Waals surface area contributed by atoms with Gasteiger partial charge in [0.1, 0.15) is 11.3 Å². The van der Waals surface area contributed by atoms with Gasteiger partial charge in [0.2, 0.25) is 0 Å². The van der Waals surface area contributed by atoms with Crippen molar-refractivity contribution in [1.82, 2.24) is 10.2 Å². The number of aryl methyl sites for hydroxylation is 1. The fraction of sp³-hybridized carbons (Fsp3) is 0.522. The number of ether oxygens (including phenoxy) is 2. The summed E-state index contributed by atoms with van der Waals surface area (Å²) in [6, 6.07) is 6.88. The highest BCUT2D eigenvalue weighted by Crippen LogP contribution is 2.27. The molecule has 2 fully saturated rings. The number of nitrogens with one attached hydrogen (secondary N) is 1. The van der Waals surface area contributed by atoms with E-state index in [1.807, 2.05) is 24.0 Å². The molecule has 3 heterocycles. The minimum atomic E-state index is -0.833. The average molecular weight is 447 g/mol. The Morgan fingerprint density at radius 1 is 1.34 bits per heavy atom. The molecule has 9 nitrogen and oxygen atoms in total. The van der Waals surface area contributed by atoms with Crippen LogP contribution in [-0.4, -0.2) is 66.4 Å². The third kappa shape index (κ3) is 5.66. The molecule has 0 aliphatic carbocycles. The average Bonchev–Trinajstić information content (AvgIpc) is 3.19. The zero-order chi connectivity index (χ0) is 23.3. The molecule has 174 valence electrons. The molecule has 0 saturated carbocycles. The predicted molar refractivity (Wildman–Crippen MR) is 118 cm³/mol. The molecule has 2 saturated heterocycles. The minimum Gasteiger partial charge on any atom is -0.481 e. The van der Waals surface area contributed by atoms with Gasteiger partial charge in [0, 0.05) is 37.5 Å². The molecule has 32 heavy (non-hydrogen) atoms. The van der Waals surface area contributed by atoms with Gasteiger partial charge in [-0.15, -0.1) is 0 Å². The number of hydrogen-bond acceptors (Lipinski definition) is 7. The van der Waals surface area contributed by atoms with Crippen molar-refractivity contribution in [2.75, 3.05) is 32.8 Å². The molecule has 2 atom stereocenters. The standard InChI is InChI=1S/C21H26N2O5.C2H4O2/c1-3-15-10-19(24)28-18-11-16(4-5-17(15)18)27-14(2)20(25)23-8-9-26-21(13-23)6-7-22-12-21;1-2(3)4/h4-5,10-11,14,22H,3,6-9,12-13H2,1-2H3;1H3,(H,3,4). The Morgan fingerprint density at radius 3 is 2.75 bits per heavy atom. The van der Waals surface area contributed by atoms with E-state index in [1.165, 1.54) is 6.07 Å². The van der Waals surface area contributed by atoms with E-state index in [0.717, 1.165) is 43.8 Å². The van der Waals surface area contributed by atoms with Gasteiger partial charge in [0.25, 0.3) is 11.9 Å². The number of carboxylic acids is 1. The molecule has 2 unspecified atom stereocenters. The maximum Gasteiger partial charge on any atom is 0.336 e. The van der Waals surface area contributed by atoms with Crippen LogP contribution in [0.5, 0.6) is 5.75 Å². The van der Waals surface area contributed by atoms with Crippen LogP contribution in [0.4, 0.5) is 0 Å². The van der Waals surface area contributed by atoms with Gasteiger partial charge in [-0.25, -0.2) is 4.79 Å². The highest BCUT2D eigenvalue weighted by atomic mass is 16.5. The van der Waals surface area contributed by atoms with Gasteiger partial charge in [0.05, 0.1) is 18.8 Å². The maximum atomic E-state index is 12.9. The number of amides is 1. The Bertz CT molecular complexity index is 1020. The van der Waals surface area contributed by atoms with Crippen molar-refractivity contribution in [2.45, 2.75) is 45.3 Å². The molecular weight excluding hydrogens is 416 g/mol. The summed E-state index contributed by atoms with van der Waals surface area (Å²) in [6.07, 6.45) is 1.02. The van der Waals surface area contributed by atoms with Gasteiger partial charge >= 0.3 is 5.63 Å². The van der Waals surface area contributed by atoms with Crippen LogP contribution in [0, 0.1) is 0 Å². The van der Waals surface area contributed by atoms with Crippen molar-refractivity contribution >= 4 is 22.8 Å². The van der Waals surface area contributed by atoms with Crippen LogP contribution < -0.4 is 15.7 Å². The lowest BCUT2D eigenvalue weighted by Gasteiger charge is -2.40. The number of carboxylic acid groups (broad SMARTS) is 1. The van der Waals surface area contributed by atoms with E-state index in [-0.39, 0.29) is 17.1 Å². The van der Waals surface area contributed by atoms with E-state index < -0.39 is 12.1 Å². The zero-order valence-electron chi connectivity index (χ0n) is 18.7. The Balaban J connectivity index is 0.000000668. The van der Waals surface area contributed by atoms with Crippen molar-refractivity contribution in [3.63, 3.8) is 0 Å². The van der Waals surface area contributed by atoms with Crippen molar-refractivity contribution in [3.8, 4) is 5.75 Å². The Kier molecular flexibility index (Phi) is 7.52. The Hall–Kier alpha value is -2.91. The first-order valence-electron chi connectivity index (χ1n) is 10.8. The fourth-order valence-electron chi connectivity index (χ4n) is 4.10. The summed E-state index contributed by atoms with van der Waals surface area (Å²) in [5.74, 6) is -0.381. The summed E-state index contributed by atoms with van der Waals surface area (Å²) in [5.41, 5.74) is 0.764. The molecule has 1 aromatic heterocycles. The summed E-state index contributed by atoms with van der Waals surface area (Å²) in [4.78, 5) is 35.5. The molecule has 0 radical (unpaired) electrons. The number of hydrogen-bond donors (Lipinski definition) is 2. The summed E-state index contributed by atoms with van der Waals surface area (Å²) in [7, 11) is 0. The van der Waals surface area contributed by atoms with Crippen LogP contribution in [0.2, 0.25) is 0 Å². The van der Waals surface area contributed by atoms with Crippen molar-refractivity contribution in [3.05, 3.63) is 40.2 Å². The fourth-order valence-corrected chi connectivity index (χ4v) is 4.10. The van der Waals surface area contributed by atoms with Gasteiger partial charge in [-0.3, -0.25) is 9.59 Å². The molecule has 9 heteroatoms. The third-order valence-electron chi connectivity index (χ3n) is 5.61. The van der Waals surface area contributed by atoms with E-state index in [4.69, 9.17) is 23.8 Å². The van der Waals surface area contributed by atoms with Crippen LogP contribution >= 0.6 is 0 Å². The molecule has 0 bridgehead atoms. The first-order chi connectivity index (χ1) is 15.2. The number of carbonyl (C=O) groups is 2. The first-order valence-corrected chi connectivity index (χ1v) is 10.8. The van der Waals surface area contributed by atoms with Crippen molar-refractivity contribution in [2.24, 2.45) is 0 Å². The van der Waals surface area contributed by atoms with Gasteiger partial charge in [-0.05, 0) is 44.0 Å². The first kappa shape index (κ1) is 23.7. The Morgan fingerprint density at radius 2 is 2.09 bits per heavy atom. The summed E-state index contributed by atoms with van der Waals surface area (Å²) >= 11 is 0. The second-order valence-corrected chi connectivity index (χ2v) is 8.10. The SMILES string of the molecule is CC(=O)O.CCc1cc(=O)oc2cc(OC(C)C(=O)N3CCOC4(CCNC4)C3)ccc12. The van der Waals surface area contributed by atoms with E-state index in [1.54, 1.807) is 13.0 Å². The molecule has 2 aromatic rings. The van der Waals surface area contributed by atoms with Gasteiger partial charge in [-0.1, -0.05) is 6.92 Å². The lowest BCUT2D eigenvalue weighted by Crippen LogP contribution is -2.56. The summed E-state index contributed by atoms with van der Waals surface area (Å²) < 4.78 is 17.2. The van der Waals surface area contributed by atoms with Gasteiger partial charge < -0.3 is 29.2 Å². The predicted octanol–water partition coefficient (Wildman–Crippen LogP) is 1.80. The van der Waals surface area contributed by atoms with E-state index in [9.17, 15) is 9.59 Å². The van der Waals surface area contributed by atoms with E-state index in [0.29, 0.717) is 31.0 Å². The second kappa shape index (κ2) is 10.1. The van der Waals surface area contributed by atoms with Crippen LogP contribution in [0.3, 0.4) is 0 Å². The highest BCUT2D eigenvalue weighted by Gasteiger charge is 2.41. The summed E-state index contributed by atoms with van der Waals surface area (Å²) in [5, 5.41) is 11.6. The number of nitrogens with zero attached hydrogens (tertiary/aromatic N) is 1. The molecule has 1 spiro atoms. The molecule has 1 amide bonds. The number of aliphatic carboxylic acids is 1. The molecule has 2 aliphatic rings. The lowest BCUT2D eigenvalue weighted by atomic mass is 10.0. The van der Waals surface area contributed by atoms with Gasteiger partial charge in [-0.2, -0.15) is 0 Å². The minimum absolute atomic E-state index is 0.0570. The largest absolute Gasteiger partial charge is 0.481 e. The van der Waals surface area contributed by atoms with Crippen LogP contribution in [0.25, 0.3) is 11.0 Å². The van der Waals surface area contributed by atoms with E-state index in [2.05, 4.69) is 5.32 Å². The number of benzene rings is 1. The molecule has 1 aromatic carbocycles. The molecule has 2 aliphatic heterocycles. The number of carbonyl (C=O) groups excluding carboxylic acids is 1. The topological polar surface area (TPSA) is 118 Å². The normalized spacial score (nSPS) is 21.2. The molecular formula is C23H30N2O7. The quantitative estimate of drug-likeness (QED) is 0.683. The molecule has 4 rings (SSSR count). The lowest BCUT2D eigenvalue weighted by molar-refractivity contribution is -0.154. The zero-order valence-corrected chi connectivity index (χ0v) is 18.7. The second-order valence-electron chi connectivity index (χ2n) is 8.10. The number of rotatable bonds is 4. The van der Waals surface area contributed by atoms with Crippen LogP contribution in [-0.2, 0) is 20.7 Å². The van der Waals surface area contributed by atoms with Crippen molar-refractivity contribution in [1.29, 1.82) is 0 Å². The van der Waals surface area contributed by atoms with Gasteiger partial charge in [0.15, 0.2) is 6.10 Å². The van der Waals surface area contributed by atoms with Crippen LogP contribution in [0.15, 0.2) is 33.5 Å². The third-order valence-corrected chi connectivity index (χ3v) is 5.61. The maximum absolute atomic E-state index is 12.9. The molecule has 2 N–H and O–H groups in total. The smallest absolute Gasteiger partial charge is 0.336 e.